The minimum absolute atomic E-state index is 0.103. The van der Waals surface area contributed by atoms with Crippen molar-refractivity contribution in [2.75, 3.05) is 0 Å². The van der Waals surface area contributed by atoms with Gasteiger partial charge in [-0.1, -0.05) is 60.7 Å². The summed E-state index contributed by atoms with van der Waals surface area (Å²) in [6.45, 7) is 16.2. The van der Waals surface area contributed by atoms with Gasteiger partial charge in [-0.15, -0.1) is 0 Å². The fraction of sp³-hybridized carbons (Fsp3) is 0.364. The van der Waals surface area contributed by atoms with Crippen molar-refractivity contribution in [3.05, 3.63) is 83.0 Å². The molecule has 0 aliphatic carbocycles. The van der Waals surface area contributed by atoms with E-state index in [-0.39, 0.29) is 5.43 Å². The number of hydrogen-bond donors (Lipinski definition) is 0. The van der Waals surface area contributed by atoms with Gasteiger partial charge in [-0.3, -0.25) is 4.79 Å². The highest BCUT2D eigenvalue weighted by Gasteiger charge is 2.52. The van der Waals surface area contributed by atoms with Crippen molar-refractivity contribution >= 4 is 36.1 Å². The van der Waals surface area contributed by atoms with Crippen molar-refractivity contribution in [2.45, 2.75) is 77.8 Å². The van der Waals surface area contributed by atoms with E-state index in [4.69, 9.17) is 23.0 Å². The smallest absolute Gasteiger partial charge is 0.455 e. The molecule has 2 aliphatic rings. The largest absolute Gasteiger partial charge is 0.494 e. The van der Waals surface area contributed by atoms with Gasteiger partial charge in [-0.25, -0.2) is 0 Å². The lowest BCUT2D eigenvalue weighted by Crippen LogP contribution is -2.41. The molecule has 8 heteroatoms. The first-order chi connectivity index (χ1) is 19.2. The Labute approximate surface area is 242 Å². The molecule has 0 spiro atoms. The van der Waals surface area contributed by atoms with E-state index in [1.54, 1.807) is 6.07 Å². The number of hydrogen-bond acceptors (Lipinski definition) is 6. The molecule has 0 amide bonds. The lowest BCUT2D eigenvalue weighted by atomic mass is 9.78. The van der Waals surface area contributed by atoms with E-state index in [2.05, 4.69) is 0 Å². The number of benzene rings is 3. The van der Waals surface area contributed by atoms with Crippen LogP contribution in [0.1, 0.15) is 55.4 Å². The van der Waals surface area contributed by atoms with Crippen LogP contribution in [0.25, 0.3) is 33.4 Å². The maximum absolute atomic E-state index is 14.1. The van der Waals surface area contributed by atoms with Crippen LogP contribution in [0.2, 0.25) is 0 Å². The Morgan fingerprint density at radius 1 is 0.561 bits per heavy atom. The van der Waals surface area contributed by atoms with Crippen LogP contribution in [0.15, 0.2) is 82.0 Å². The van der Waals surface area contributed by atoms with Crippen molar-refractivity contribution < 1.29 is 23.0 Å². The van der Waals surface area contributed by atoms with E-state index in [1.165, 1.54) is 0 Å². The van der Waals surface area contributed by atoms with Gasteiger partial charge in [-0.2, -0.15) is 0 Å². The van der Waals surface area contributed by atoms with E-state index in [1.807, 2.05) is 122 Å². The molecule has 3 aromatic carbocycles. The molecular formula is C33H36B2O6. The Balaban J connectivity index is 1.44. The highest BCUT2D eigenvalue weighted by molar-refractivity contribution is 6.62. The van der Waals surface area contributed by atoms with Crippen LogP contribution in [-0.2, 0) is 18.6 Å². The predicted octanol–water partition coefficient (Wildman–Crippen LogP) is 5.73. The van der Waals surface area contributed by atoms with E-state index in [0.717, 1.165) is 22.1 Å². The van der Waals surface area contributed by atoms with Crippen molar-refractivity contribution in [3.63, 3.8) is 0 Å². The molecule has 0 bridgehead atoms. The Hall–Kier alpha value is -3.16. The summed E-state index contributed by atoms with van der Waals surface area (Å²) in [4.78, 5) is 14.1. The van der Waals surface area contributed by atoms with Crippen LogP contribution in [0.3, 0.4) is 0 Å². The molecule has 41 heavy (non-hydrogen) atoms. The average Bonchev–Trinajstić information content (AvgIpc) is 3.28. The third-order valence-electron chi connectivity index (χ3n) is 9.20. The van der Waals surface area contributed by atoms with E-state index in [0.29, 0.717) is 22.3 Å². The molecule has 2 fully saturated rings. The van der Waals surface area contributed by atoms with Gasteiger partial charge < -0.3 is 23.0 Å². The lowest BCUT2D eigenvalue weighted by Gasteiger charge is -2.32. The molecule has 2 saturated heterocycles. The zero-order valence-electron chi connectivity index (χ0n) is 25.0. The van der Waals surface area contributed by atoms with Crippen LogP contribution in [0.4, 0.5) is 0 Å². The highest BCUT2D eigenvalue weighted by Crippen LogP contribution is 2.38. The van der Waals surface area contributed by atoms with Crippen LogP contribution < -0.4 is 16.4 Å². The first kappa shape index (κ1) is 28.0. The molecular weight excluding hydrogens is 514 g/mol. The highest BCUT2D eigenvalue weighted by atomic mass is 16.7. The molecule has 0 radical (unpaired) electrons. The zero-order chi connectivity index (χ0) is 29.4. The van der Waals surface area contributed by atoms with E-state index in [9.17, 15) is 4.79 Å². The minimum Gasteiger partial charge on any atom is -0.455 e. The molecule has 0 unspecified atom stereocenters. The number of rotatable bonds is 4. The standard InChI is InChI=1S/C33H36B2O6/c1-30(2)31(3,4)39-34(38-30)23-16-14-21(15-17-23)27-28(36)25-19-18-24(35-40-32(5,6)33(7,8)41-35)20-26(25)37-29(27)22-12-10-9-11-13-22/h9-20H,1-8H3. The van der Waals surface area contributed by atoms with Crippen molar-refractivity contribution in [1.82, 2.24) is 0 Å². The maximum Gasteiger partial charge on any atom is 0.494 e. The molecule has 1 aromatic heterocycles. The third kappa shape index (κ3) is 4.67. The third-order valence-corrected chi connectivity index (χ3v) is 9.20. The van der Waals surface area contributed by atoms with Crippen molar-refractivity contribution in [1.29, 1.82) is 0 Å². The molecule has 2 aliphatic heterocycles. The molecule has 0 atom stereocenters. The average molecular weight is 550 g/mol. The molecule has 6 rings (SSSR count). The first-order valence-corrected chi connectivity index (χ1v) is 14.2. The van der Waals surface area contributed by atoms with Crippen LogP contribution >= 0.6 is 0 Å². The van der Waals surface area contributed by atoms with Crippen LogP contribution in [0, 0.1) is 0 Å². The van der Waals surface area contributed by atoms with Gasteiger partial charge >= 0.3 is 14.2 Å². The molecule has 3 heterocycles. The maximum atomic E-state index is 14.1. The molecule has 0 saturated carbocycles. The summed E-state index contributed by atoms with van der Waals surface area (Å²) < 4.78 is 31.5. The summed E-state index contributed by atoms with van der Waals surface area (Å²) in [5.41, 5.74) is 2.35. The normalized spacial score (nSPS) is 20.6. The fourth-order valence-corrected chi connectivity index (χ4v) is 5.18. The van der Waals surface area contributed by atoms with Gasteiger partial charge in [0, 0.05) is 5.56 Å². The number of fused-ring (bicyclic) bond motifs is 1. The summed E-state index contributed by atoms with van der Waals surface area (Å²) in [6.07, 6.45) is 0. The van der Waals surface area contributed by atoms with Gasteiger partial charge in [0.05, 0.1) is 33.4 Å². The Bertz CT molecular complexity index is 1640. The molecule has 0 N–H and O–H groups in total. The molecule has 6 nitrogen and oxygen atoms in total. The topological polar surface area (TPSA) is 67.1 Å². The van der Waals surface area contributed by atoms with E-state index < -0.39 is 36.6 Å². The zero-order valence-corrected chi connectivity index (χ0v) is 25.0. The van der Waals surface area contributed by atoms with Gasteiger partial charge in [0.2, 0.25) is 5.43 Å². The molecule has 4 aromatic rings. The Morgan fingerprint density at radius 2 is 1.05 bits per heavy atom. The minimum atomic E-state index is -0.558. The van der Waals surface area contributed by atoms with Crippen LogP contribution in [-0.4, -0.2) is 36.6 Å². The summed E-state index contributed by atoms with van der Waals surface area (Å²) in [6, 6.07) is 23.0. The second-order valence-electron chi connectivity index (χ2n) is 13.1. The van der Waals surface area contributed by atoms with Gasteiger partial charge in [-0.05, 0) is 84.0 Å². The quantitative estimate of drug-likeness (QED) is 0.303. The summed E-state index contributed by atoms with van der Waals surface area (Å²) in [7, 11) is -1.04. The van der Waals surface area contributed by atoms with Gasteiger partial charge in [0.25, 0.3) is 0 Å². The van der Waals surface area contributed by atoms with Crippen molar-refractivity contribution in [2.24, 2.45) is 0 Å². The summed E-state index contributed by atoms with van der Waals surface area (Å²) in [5, 5.41) is 0.495. The Kier molecular flexibility index (Phi) is 6.44. The predicted molar refractivity (Wildman–Crippen MR) is 165 cm³/mol. The van der Waals surface area contributed by atoms with Crippen LogP contribution in [0.5, 0.6) is 0 Å². The summed E-state index contributed by atoms with van der Waals surface area (Å²) in [5.74, 6) is 0.512. The Morgan fingerprint density at radius 3 is 1.59 bits per heavy atom. The van der Waals surface area contributed by atoms with Crippen molar-refractivity contribution in [3.8, 4) is 22.5 Å². The van der Waals surface area contributed by atoms with Gasteiger partial charge in [0.1, 0.15) is 11.3 Å². The monoisotopic (exact) mass is 550 g/mol. The SMILES string of the molecule is CC1(C)OB(c2ccc(-c3c(-c4ccccc4)oc4cc(B5OC(C)(C)C(C)(C)O5)ccc4c3=O)cc2)OC1(C)C. The second kappa shape index (κ2) is 9.43. The second-order valence-corrected chi connectivity index (χ2v) is 13.1. The van der Waals surface area contributed by atoms with Gasteiger partial charge in [0.15, 0.2) is 0 Å². The molecule has 210 valence electrons. The fourth-order valence-electron chi connectivity index (χ4n) is 5.18. The van der Waals surface area contributed by atoms with E-state index >= 15 is 0 Å². The summed E-state index contributed by atoms with van der Waals surface area (Å²) >= 11 is 0. The first-order valence-electron chi connectivity index (χ1n) is 14.2. The lowest BCUT2D eigenvalue weighted by molar-refractivity contribution is 0.00578.